The maximum absolute atomic E-state index is 12.8. The van der Waals surface area contributed by atoms with Crippen molar-refractivity contribution >= 4 is 68.0 Å². The van der Waals surface area contributed by atoms with Gasteiger partial charge in [-0.15, -0.1) is 0 Å². The Balaban J connectivity index is 2.24. The van der Waals surface area contributed by atoms with E-state index in [1.54, 1.807) is 42.5 Å². The lowest BCUT2D eigenvalue weighted by Crippen LogP contribution is -2.23. The number of carbonyl (C=O) groups is 1. The number of hydrogen-bond donors (Lipinski definition) is 2. The highest BCUT2D eigenvalue weighted by Crippen LogP contribution is 2.49. The summed E-state index contributed by atoms with van der Waals surface area (Å²) in [6.45, 7) is 0. The van der Waals surface area contributed by atoms with Gasteiger partial charge < -0.3 is 10.1 Å². The van der Waals surface area contributed by atoms with E-state index in [4.69, 9.17) is 51.1 Å². The average Bonchev–Trinajstić information content (AvgIpc) is 2.76. The van der Waals surface area contributed by atoms with Gasteiger partial charge >= 0.3 is 0 Å². The molecule has 0 spiro atoms. The van der Waals surface area contributed by atoms with Gasteiger partial charge in [0.15, 0.2) is 5.75 Å². The van der Waals surface area contributed by atoms with Crippen LogP contribution in [0.1, 0.15) is 10.4 Å². The molecule has 6 nitrogen and oxygen atoms in total. The number of halogens is 4. The fourth-order valence-corrected chi connectivity index (χ4v) is 4.66. The van der Waals surface area contributed by atoms with Crippen molar-refractivity contribution in [2.24, 2.45) is 0 Å². The number of rotatable bonds is 6. The minimum atomic E-state index is -4.19. The molecule has 0 aromatic heterocycles. The molecule has 3 aromatic carbocycles. The lowest BCUT2D eigenvalue weighted by molar-refractivity contribution is 0.102. The Morgan fingerprint density at radius 3 is 2.06 bits per heavy atom. The fraction of sp³-hybridized carbons (Fsp3) is 0.0500. The van der Waals surface area contributed by atoms with E-state index >= 15 is 0 Å². The quantitative estimate of drug-likeness (QED) is 0.377. The molecule has 0 heterocycles. The maximum Gasteiger partial charge on any atom is 0.255 e. The Morgan fingerprint density at radius 1 is 0.871 bits per heavy atom. The fourth-order valence-electron chi connectivity index (χ4n) is 2.58. The molecule has 162 valence electrons. The van der Waals surface area contributed by atoms with E-state index in [0.29, 0.717) is 5.02 Å². The second-order valence-corrected chi connectivity index (χ2v) is 9.45. The summed E-state index contributed by atoms with van der Waals surface area (Å²) < 4.78 is 33.5. The van der Waals surface area contributed by atoms with Crippen LogP contribution in [0, 0.1) is 0 Å². The summed E-state index contributed by atoms with van der Waals surface area (Å²) in [4.78, 5) is 12.3. The van der Waals surface area contributed by atoms with Crippen LogP contribution >= 0.6 is 46.4 Å². The summed E-state index contributed by atoms with van der Waals surface area (Å²) in [6, 6.07) is 14.4. The second-order valence-electron chi connectivity index (χ2n) is 6.06. The van der Waals surface area contributed by atoms with Gasteiger partial charge in [0.25, 0.3) is 5.91 Å². The van der Waals surface area contributed by atoms with Gasteiger partial charge in [-0.1, -0.05) is 64.6 Å². The Hall–Kier alpha value is -2.00. The third-order valence-electron chi connectivity index (χ3n) is 4.08. The lowest BCUT2D eigenvalue weighted by Gasteiger charge is -2.20. The minimum Gasteiger partial charge on any atom is -0.453 e. The van der Waals surface area contributed by atoms with Crippen molar-refractivity contribution in [3.8, 4) is 11.5 Å². The van der Waals surface area contributed by atoms with Crippen LogP contribution in [0.3, 0.4) is 0 Å². The Morgan fingerprint density at radius 2 is 1.48 bits per heavy atom. The van der Waals surface area contributed by atoms with E-state index in [0.717, 1.165) is 0 Å². The van der Waals surface area contributed by atoms with Gasteiger partial charge in [0.05, 0.1) is 10.0 Å². The van der Waals surface area contributed by atoms with Gasteiger partial charge in [0.1, 0.15) is 21.4 Å². The van der Waals surface area contributed by atoms with Crippen LogP contribution in [0.25, 0.3) is 0 Å². The number of amides is 1. The third-order valence-corrected chi connectivity index (χ3v) is 7.24. The molecule has 11 heteroatoms. The number of ether oxygens (including phenoxy) is 1. The molecule has 1 amide bonds. The van der Waals surface area contributed by atoms with Crippen LogP contribution in [0.15, 0.2) is 59.5 Å². The van der Waals surface area contributed by atoms with E-state index in [1.165, 1.54) is 19.2 Å². The van der Waals surface area contributed by atoms with Gasteiger partial charge in [-0.05, 0) is 43.4 Å². The van der Waals surface area contributed by atoms with Crippen molar-refractivity contribution in [1.82, 2.24) is 4.72 Å². The zero-order valence-corrected chi connectivity index (χ0v) is 19.6. The molecule has 0 aliphatic rings. The number of sulfonamides is 1. The number of carbonyl (C=O) groups excluding carboxylic acids is 1. The van der Waals surface area contributed by atoms with Crippen LogP contribution in [0.4, 0.5) is 5.69 Å². The van der Waals surface area contributed by atoms with Gasteiger partial charge in [0, 0.05) is 10.6 Å². The number of benzene rings is 3. The summed E-state index contributed by atoms with van der Waals surface area (Å²) in [5.74, 6) is -0.534. The van der Waals surface area contributed by atoms with Crippen molar-refractivity contribution in [2.75, 3.05) is 12.4 Å². The normalized spacial score (nSPS) is 11.3. The SMILES string of the molecule is CNS(=O)(=O)c1c(Cl)c(Cl)c(Cl)c(Oc2ccc(Cl)cc2)c1NC(=O)c1ccccc1. The molecule has 3 aromatic rings. The topological polar surface area (TPSA) is 84.5 Å². The maximum atomic E-state index is 12.8. The van der Waals surface area contributed by atoms with E-state index in [2.05, 4.69) is 10.0 Å². The summed E-state index contributed by atoms with van der Waals surface area (Å²) >= 11 is 24.7. The highest BCUT2D eigenvalue weighted by atomic mass is 35.5. The molecular formula is C20H14Cl4N2O4S. The molecule has 3 rings (SSSR count). The second kappa shape index (κ2) is 9.65. The highest BCUT2D eigenvalue weighted by molar-refractivity contribution is 7.89. The molecule has 0 saturated heterocycles. The molecule has 0 aliphatic heterocycles. The first-order valence-electron chi connectivity index (χ1n) is 8.59. The third kappa shape index (κ3) is 5.09. The molecule has 0 fully saturated rings. The lowest BCUT2D eigenvalue weighted by atomic mass is 10.2. The molecule has 0 saturated carbocycles. The first kappa shape index (κ1) is 23.7. The molecule has 0 radical (unpaired) electrons. The predicted molar refractivity (Wildman–Crippen MR) is 124 cm³/mol. The van der Waals surface area contributed by atoms with Crippen LogP contribution in [0.2, 0.25) is 20.1 Å². The number of nitrogens with one attached hydrogen (secondary N) is 2. The molecular weight excluding hydrogens is 506 g/mol. The largest absolute Gasteiger partial charge is 0.453 e. The molecule has 0 atom stereocenters. The van der Waals surface area contributed by atoms with Crippen molar-refractivity contribution in [3.63, 3.8) is 0 Å². The van der Waals surface area contributed by atoms with Crippen LogP contribution < -0.4 is 14.8 Å². The van der Waals surface area contributed by atoms with E-state index < -0.39 is 20.8 Å². The molecule has 0 unspecified atom stereocenters. The standard InChI is InChI=1S/C20H14Cl4N2O4S/c1-25-31(28,29)19-16(24)14(22)15(23)18(30-13-9-7-12(21)8-10-13)17(19)26-20(27)11-5-3-2-4-6-11/h2-10,25H,1H3,(H,26,27). The zero-order chi connectivity index (χ0) is 22.8. The van der Waals surface area contributed by atoms with Crippen molar-refractivity contribution in [2.45, 2.75) is 4.90 Å². The molecule has 0 aliphatic carbocycles. The van der Waals surface area contributed by atoms with E-state index in [-0.39, 0.29) is 37.8 Å². The minimum absolute atomic E-state index is 0.181. The number of hydrogen-bond acceptors (Lipinski definition) is 4. The van der Waals surface area contributed by atoms with Gasteiger partial charge in [-0.2, -0.15) is 0 Å². The first-order chi connectivity index (χ1) is 14.7. The summed E-state index contributed by atoms with van der Waals surface area (Å²) in [6.07, 6.45) is 0. The molecule has 31 heavy (non-hydrogen) atoms. The predicted octanol–water partition coefficient (Wildman–Crippen LogP) is 6.25. The van der Waals surface area contributed by atoms with Crippen LogP contribution in [-0.4, -0.2) is 21.4 Å². The van der Waals surface area contributed by atoms with E-state index in [9.17, 15) is 13.2 Å². The highest BCUT2D eigenvalue weighted by Gasteiger charge is 2.31. The Kier molecular flexibility index (Phi) is 7.36. The first-order valence-corrected chi connectivity index (χ1v) is 11.6. The zero-order valence-electron chi connectivity index (χ0n) is 15.7. The molecule has 2 N–H and O–H groups in total. The van der Waals surface area contributed by atoms with Crippen molar-refractivity contribution in [1.29, 1.82) is 0 Å². The monoisotopic (exact) mass is 518 g/mol. The summed E-state index contributed by atoms with van der Waals surface area (Å²) in [7, 11) is -3.00. The van der Waals surface area contributed by atoms with Crippen molar-refractivity contribution < 1.29 is 17.9 Å². The summed E-state index contributed by atoms with van der Waals surface area (Å²) in [5, 5.41) is 2.20. The Bertz CT molecular complexity index is 1230. The average molecular weight is 520 g/mol. The van der Waals surface area contributed by atoms with E-state index in [1.807, 2.05) is 0 Å². The molecule has 0 bridgehead atoms. The Labute approximate surface area is 199 Å². The van der Waals surface area contributed by atoms with Gasteiger partial charge in [0.2, 0.25) is 10.0 Å². The van der Waals surface area contributed by atoms with Crippen LogP contribution in [0.5, 0.6) is 11.5 Å². The van der Waals surface area contributed by atoms with Crippen LogP contribution in [-0.2, 0) is 10.0 Å². The van der Waals surface area contributed by atoms with Crippen molar-refractivity contribution in [3.05, 3.63) is 80.3 Å². The smallest absolute Gasteiger partial charge is 0.255 e. The van der Waals surface area contributed by atoms with Gasteiger partial charge in [-0.3, -0.25) is 4.79 Å². The number of anilines is 1. The summed E-state index contributed by atoms with van der Waals surface area (Å²) in [5.41, 5.74) is 0.00694. The van der Waals surface area contributed by atoms with Gasteiger partial charge in [-0.25, -0.2) is 13.1 Å².